The third kappa shape index (κ3) is 7.55. The maximum absolute atomic E-state index is 6.64. The summed E-state index contributed by atoms with van der Waals surface area (Å²) in [6.07, 6.45) is 7.36. The first-order valence-electron chi connectivity index (χ1n) is 11.4. The van der Waals surface area contributed by atoms with Crippen LogP contribution in [0.4, 0.5) is 0 Å². The van der Waals surface area contributed by atoms with Crippen LogP contribution in [-0.2, 0) is 0 Å². The van der Waals surface area contributed by atoms with Gasteiger partial charge in [0, 0.05) is 0 Å². The summed E-state index contributed by atoms with van der Waals surface area (Å²) in [6.45, 7) is 9.13. The molecule has 2 atom stereocenters. The zero-order chi connectivity index (χ0) is 21.3. The first-order chi connectivity index (χ1) is 13.9. The van der Waals surface area contributed by atoms with Crippen molar-refractivity contribution in [1.82, 2.24) is 0 Å². The Morgan fingerprint density at radius 3 is 1.45 bits per heavy atom. The molecule has 0 aliphatic heterocycles. The monoisotopic (exact) mass is 504 g/mol. The van der Waals surface area contributed by atoms with E-state index in [0.29, 0.717) is 11.8 Å². The molecule has 0 fully saturated rings. The van der Waals surface area contributed by atoms with Crippen molar-refractivity contribution in [2.75, 3.05) is 0 Å². The third-order valence-corrected chi connectivity index (χ3v) is 9.65. The second kappa shape index (κ2) is 11.9. The van der Waals surface area contributed by atoms with Crippen molar-refractivity contribution in [3.63, 3.8) is 0 Å². The second-order valence-corrected chi connectivity index (χ2v) is 17.9. The van der Waals surface area contributed by atoms with Crippen LogP contribution in [-0.4, -0.2) is 19.2 Å². The van der Waals surface area contributed by atoms with Crippen molar-refractivity contribution >= 4 is 19.2 Å². The summed E-state index contributed by atoms with van der Waals surface area (Å²) >= 11 is -3.25. The Kier molecular flexibility index (Phi) is 9.88. The average Bonchev–Trinajstić information content (AvgIpc) is 2.70. The molecular formula is C26H40O2Sn. The number of rotatable bonds is 12. The quantitative estimate of drug-likeness (QED) is 0.271. The van der Waals surface area contributed by atoms with Gasteiger partial charge in [0.25, 0.3) is 0 Å². The SMILES string of the molecule is CCCCC(C)c1ccccc1[O][Sn]([CH3])([CH3])[O]c1ccccc1C(C)CCCC. The van der Waals surface area contributed by atoms with Gasteiger partial charge in [-0.05, 0) is 0 Å². The standard InChI is InChI=1S/2C12H18O.2CH3.Sn/c2*1-3-4-7-10(2)11-8-5-6-9-12(11)13;;;/h2*5-6,8-10,13H,3-4,7H2,1-2H3;2*1H3;/q;;;;+2/p-2. The van der Waals surface area contributed by atoms with E-state index in [-0.39, 0.29) is 0 Å². The Labute approximate surface area is 184 Å². The normalized spacial score (nSPS) is 13.7. The predicted octanol–water partition coefficient (Wildman–Crippen LogP) is 8.43. The van der Waals surface area contributed by atoms with E-state index in [1.807, 2.05) is 0 Å². The van der Waals surface area contributed by atoms with Gasteiger partial charge < -0.3 is 0 Å². The molecule has 0 aliphatic carbocycles. The Bertz CT molecular complexity index is 679. The van der Waals surface area contributed by atoms with E-state index in [1.165, 1.54) is 49.7 Å². The van der Waals surface area contributed by atoms with Gasteiger partial charge in [0.05, 0.1) is 0 Å². The van der Waals surface area contributed by atoms with E-state index in [0.717, 1.165) is 11.5 Å². The van der Waals surface area contributed by atoms with Gasteiger partial charge in [-0.25, -0.2) is 0 Å². The maximum atomic E-state index is 6.64. The van der Waals surface area contributed by atoms with Crippen LogP contribution >= 0.6 is 0 Å². The van der Waals surface area contributed by atoms with Gasteiger partial charge in [-0.1, -0.05) is 0 Å². The van der Waals surface area contributed by atoms with Crippen LogP contribution in [0, 0.1) is 0 Å². The summed E-state index contributed by atoms with van der Waals surface area (Å²) in [4.78, 5) is 4.44. The van der Waals surface area contributed by atoms with Crippen molar-refractivity contribution in [2.45, 2.75) is 87.9 Å². The van der Waals surface area contributed by atoms with E-state index >= 15 is 0 Å². The summed E-state index contributed by atoms with van der Waals surface area (Å²) < 4.78 is 13.3. The van der Waals surface area contributed by atoms with Gasteiger partial charge >= 0.3 is 184 Å². The molecule has 0 heterocycles. The van der Waals surface area contributed by atoms with Gasteiger partial charge in [-0.2, -0.15) is 0 Å². The zero-order valence-corrected chi connectivity index (χ0v) is 22.2. The average molecular weight is 503 g/mol. The van der Waals surface area contributed by atoms with Crippen LogP contribution < -0.4 is 6.15 Å². The first kappa shape index (κ1) is 24.1. The summed E-state index contributed by atoms with van der Waals surface area (Å²) in [5.41, 5.74) is 2.64. The van der Waals surface area contributed by atoms with Crippen LogP contribution in [0.1, 0.15) is 89.2 Å². The minimum atomic E-state index is -3.25. The number of hydrogen-bond acceptors (Lipinski definition) is 2. The molecule has 2 nitrogen and oxygen atoms in total. The topological polar surface area (TPSA) is 18.5 Å². The molecule has 3 heteroatoms. The Balaban J connectivity index is 2.18. The molecule has 2 rings (SSSR count). The van der Waals surface area contributed by atoms with Gasteiger partial charge in [0.15, 0.2) is 0 Å². The van der Waals surface area contributed by atoms with Gasteiger partial charge in [0.2, 0.25) is 0 Å². The van der Waals surface area contributed by atoms with Crippen LogP contribution in [0.25, 0.3) is 0 Å². The molecular weight excluding hydrogens is 463 g/mol. The molecule has 0 amide bonds. The van der Waals surface area contributed by atoms with E-state index in [9.17, 15) is 0 Å². The predicted molar refractivity (Wildman–Crippen MR) is 128 cm³/mol. The molecule has 0 saturated heterocycles. The van der Waals surface area contributed by atoms with E-state index in [1.54, 1.807) is 0 Å². The fraction of sp³-hybridized carbons (Fsp3) is 0.538. The summed E-state index contributed by atoms with van der Waals surface area (Å²) in [6, 6.07) is 17.1. The van der Waals surface area contributed by atoms with Gasteiger partial charge in [-0.15, -0.1) is 0 Å². The zero-order valence-electron chi connectivity index (χ0n) is 19.3. The summed E-state index contributed by atoms with van der Waals surface area (Å²) in [5, 5.41) is 0. The molecule has 2 aromatic carbocycles. The van der Waals surface area contributed by atoms with Crippen molar-refractivity contribution in [2.24, 2.45) is 0 Å². The Hall–Kier alpha value is -1.16. The van der Waals surface area contributed by atoms with E-state index < -0.39 is 19.2 Å². The molecule has 0 aliphatic rings. The second-order valence-electron chi connectivity index (χ2n) is 8.77. The molecule has 2 unspecified atom stereocenters. The molecule has 160 valence electrons. The van der Waals surface area contributed by atoms with Crippen molar-refractivity contribution < 1.29 is 6.15 Å². The van der Waals surface area contributed by atoms with E-state index in [2.05, 4.69) is 86.1 Å². The summed E-state index contributed by atoms with van der Waals surface area (Å²) in [7, 11) is 0. The molecule has 0 N–H and O–H groups in total. The number of unbranched alkanes of at least 4 members (excludes halogenated alkanes) is 2. The number of hydrogen-bond donors (Lipinski definition) is 0. The Morgan fingerprint density at radius 2 is 1.07 bits per heavy atom. The first-order valence-corrected chi connectivity index (χ1v) is 19.5. The molecule has 0 saturated carbocycles. The van der Waals surface area contributed by atoms with Crippen molar-refractivity contribution in [3.05, 3.63) is 59.7 Å². The Morgan fingerprint density at radius 1 is 0.690 bits per heavy atom. The molecule has 0 bridgehead atoms. The molecule has 0 radical (unpaired) electrons. The minimum absolute atomic E-state index is 0.509. The van der Waals surface area contributed by atoms with E-state index in [4.69, 9.17) is 6.15 Å². The van der Waals surface area contributed by atoms with Crippen LogP contribution in [0.5, 0.6) is 11.5 Å². The summed E-state index contributed by atoms with van der Waals surface area (Å²) in [5.74, 6) is 3.06. The number of para-hydroxylation sites is 2. The molecule has 0 spiro atoms. The van der Waals surface area contributed by atoms with Gasteiger partial charge in [0.1, 0.15) is 0 Å². The molecule has 29 heavy (non-hydrogen) atoms. The molecule has 0 aromatic heterocycles. The van der Waals surface area contributed by atoms with Gasteiger partial charge in [-0.3, -0.25) is 0 Å². The fourth-order valence-corrected chi connectivity index (χ4v) is 8.05. The molecule has 2 aromatic rings. The van der Waals surface area contributed by atoms with Crippen LogP contribution in [0.2, 0.25) is 9.88 Å². The van der Waals surface area contributed by atoms with Crippen molar-refractivity contribution in [1.29, 1.82) is 0 Å². The fourth-order valence-electron chi connectivity index (χ4n) is 3.84. The van der Waals surface area contributed by atoms with Crippen LogP contribution in [0.3, 0.4) is 0 Å². The number of benzene rings is 2. The van der Waals surface area contributed by atoms with Crippen LogP contribution in [0.15, 0.2) is 48.5 Å². The third-order valence-electron chi connectivity index (χ3n) is 5.59. The van der Waals surface area contributed by atoms with Crippen molar-refractivity contribution in [3.8, 4) is 11.5 Å².